The lowest BCUT2D eigenvalue weighted by molar-refractivity contribution is -0.117. The number of benzene rings is 1. The van der Waals surface area contributed by atoms with Gasteiger partial charge in [-0.2, -0.15) is 0 Å². The normalized spacial score (nSPS) is 20.0. The Kier molecular flexibility index (Phi) is 5.90. The van der Waals surface area contributed by atoms with Crippen molar-refractivity contribution in [3.8, 4) is 0 Å². The number of anilines is 1. The molecule has 1 aromatic rings. The van der Waals surface area contributed by atoms with Gasteiger partial charge in [0.15, 0.2) is 11.6 Å². The Hall–Kier alpha value is -1.87. The van der Waals surface area contributed by atoms with E-state index >= 15 is 0 Å². The standard InChI is InChI=1S/C23H28ClNO2/c1-14-10-15(2)19(23(27)11-14)8-9-22(26)20-12-17(24)13-21(16(20)3)25(4)18-6-5-7-18/h10-13,18-19H,5-9H2,1-4H3. The molecule has 0 heterocycles. The van der Waals surface area contributed by atoms with Crippen LogP contribution in [0, 0.1) is 12.8 Å². The van der Waals surface area contributed by atoms with Crippen LogP contribution in [0.5, 0.6) is 0 Å². The Morgan fingerprint density at radius 2 is 1.89 bits per heavy atom. The zero-order valence-corrected chi connectivity index (χ0v) is 17.4. The molecule has 0 amide bonds. The molecule has 0 N–H and O–H groups in total. The van der Waals surface area contributed by atoms with Gasteiger partial charge in [-0.3, -0.25) is 9.59 Å². The van der Waals surface area contributed by atoms with E-state index in [1.165, 1.54) is 19.3 Å². The molecule has 3 nitrogen and oxygen atoms in total. The molecule has 1 unspecified atom stereocenters. The number of hydrogen-bond donors (Lipinski definition) is 0. The summed E-state index contributed by atoms with van der Waals surface area (Å²) in [5, 5.41) is 0.591. The van der Waals surface area contributed by atoms with Gasteiger partial charge in [0.25, 0.3) is 0 Å². The van der Waals surface area contributed by atoms with Crippen molar-refractivity contribution >= 4 is 28.9 Å². The first-order valence-corrected chi connectivity index (χ1v) is 10.1. The minimum Gasteiger partial charge on any atom is -0.371 e. The maximum atomic E-state index is 12.9. The van der Waals surface area contributed by atoms with Gasteiger partial charge < -0.3 is 4.90 Å². The third-order valence-electron chi connectivity index (χ3n) is 6.03. The molecule has 0 saturated heterocycles. The molecular formula is C23H28ClNO2. The summed E-state index contributed by atoms with van der Waals surface area (Å²) >= 11 is 6.34. The molecule has 0 aliphatic heterocycles. The summed E-state index contributed by atoms with van der Waals surface area (Å²) in [5.41, 5.74) is 4.73. The van der Waals surface area contributed by atoms with Crippen molar-refractivity contribution in [2.45, 2.75) is 58.9 Å². The Balaban J connectivity index is 1.76. The quantitative estimate of drug-likeness (QED) is 0.590. The second-order valence-corrected chi connectivity index (χ2v) is 8.42. The smallest absolute Gasteiger partial charge is 0.163 e. The van der Waals surface area contributed by atoms with Gasteiger partial charge in [0.1, 0.15) is 0 Å². The van der Waals surface area contributed by atoms with Crippen molar-refractivity contribution in [3.05, 3.63) is 51.6 Å². The Labute approximate surface area is 167 Å². The molecule has 3 rings (SSSR count). The zero-order valence-electron chi connectivity index (χ0n) is 16.6. The maximum absolute atomic E-state index is 12.9. The Morgan fingerprint density at radius 1 is 1.19 bits per heavy atom. The van der Waals surface area contributed by atoms with E-state index in [1.54, 1.807) is 12.1 Å². The van der Waals surface area contributed by atoms with Crippen LogP contribution in [0.4, 0.5) is 5.69 Å². The fourth-order valence-corrected chi connectivity index (χ4v) is 4.33. The lowest BCUT2D eigenvalue weighted by Gasteiger charge is -2.37. The van der Waals surface area contributed by atoms with Gasteiger partial charge in [-0.05, 0) is 75.8 Å². The van der Waals surface area contributed by atoms with Crippen LogP contribution in [0.2, 0.25) is 5.02 Å². The zero-order chi connectivity index (χ0) is 19.7. The highest BCUT2D eigenvalue weighted by molar-refractivity contribution is 6.31. The van der Waals surface area contributed by atoms with Gasteiger partial charge in [0.05, 0.1) is 0 Å². The van der Waals surface area contributed by atoms with Gasteiger partial charge in [0.2, 0.25) is 0 Å². The number of nitrogens with zero attached hydrogens (tertiary/aromatic N) is 1. The first kappa shape index (κ1) is 19.9. The summed E-state index contributed by atoms with van der Waals surface area (Å²) in [4.78, 5) is 27.5. The van der Waals surface area contributed by atoms with Crippen LogP contribution in [0.3, 0.4) is 0 Å². The van der Waals surface area contributed by atoms with Crippen molar-refractivity contribution in [2.75, 3.05) is 11.9 Å². The molecule has 0 spiro atoms. The minimum absolute atomic E-state index is 0.0603. The summed E-state index contributed by atoms with van der Waals surface area (Å²) in [6, 6.07) is 4.26. The highest BCUT2D eigenvalue weighted by Gasteiger charge is 2.26. The van der Waals surface area contributed by atoms with Crippen molar-refractivity contribution in [3.63, 3.8) is 0 Å². The molecule has 1 fully saturated rings. The molecule has 4 heteroatoms. The van der Waals surface area contributed by atoms with Crippen LogP contribution in [0.15, 0.2) is 35.4 Å². The average molecular weight is 386 g/mol. The number of hydrogen-bond acceptors (Lipinski definition) is 3. The predicted molar refractivity (Wildman–Crippen MR) is 112 cm³/mol. The minimum atomic E-state index is -0.186. The summed E-state index contributed by atoms with van der Waals surface area (Å²) in [6.45, 7) is 5.90. The van der Waals surface area contributed by atoms with E-state index in [1.807, 2.05) is 32.9 Å². The van der Waals surface area contributed by atoms with Gasteiger partial charge in [-0.15, -0.1) is 0 Å². The van der Waals surface area contributed by atoms with Crippen LogP contribution in [-0.2, 0) is 4.79 Å². The van der Waals surface area contributed by atoms with Crippen molar-refractivity contribution in [1.82, 2.24) is 0 Å². The topological polar surface area (TPSA) is 37.4 Å². The second-order valence-electron chi connectivity index (χ2n) is 7.99. The monoisotopic (exact) mass is 385 g/mol. The van der Waals surface area contributed by atoms with Crippen LogP contribution in [-0.4, -0.2) is 24.7 Å². The number of ketones is 2. The molecule has 1 aromatic carbocycles. The lowest BCUT2D eigenvalue weighted by Crippen LogP contribution is -2.37. The van der Waals surface area contributed by atoms with Crippen LogP contribution in [0.1, 0.15) is 61.9 Å². The van der Waals surface area contributed by atoms with E-state index in [2.05, 4.69) is 11.9 Å². The molecule has 1 saturated carbocycles. The summed E-state index contributed by atoms with van der Waals surface area (Å²) < 4.78 is 0. The van der Waals surface area contributed by atoms with Gasteiger partial charge in [0, 0.05) is 41.7 Å². The summed E-state index contributed by atoms with van der Waals surface area (Å²) in [6.07, 6.45) is 8.25. The van der Waals surface area contributed by atoms with E-state index in [4.69, 9.17) is 11.6 Å². The summed E-state index contributed by atoms with van der Waals surface area (Å²) in [5.74, 6) is -0.0204. The number of rotatable bonds is 6. The van der Waals surface area contributed by atoms with E-state index in [9.17, 15) is 9.59 Å². The summed E-state index contributed by atoms with van der Waals surface area (Å²) in [7, 11) is 2.08. The van der Waals surface area contributed by atoms with Crippen molar-refractivity contribution in [1.29, 1.82) is 0 Å². The SMILES string of the molecule is CC1=CC(=O)C(CCC(=O)c2cc(Cl)cc(N(C)C3CCC3)c2C)C(C)=C1. The number of allylic oxidation sites excluding steroid dienone is 4. The number of carbonyl (C=O) groups is 2. The van der Waals surface area contributed by atoms with Crippen molar-refractivity contribution < 1.29 is 9.59 Å². The molecule has 2 aliphatic carbocycles. The fraction of sp³-hybridized carbons (Fsp3) is 0.478. The Bertz CT molecular complexity index is 833. The number of Topliss-reactive ketones (excluding diaryl/α,β-unsaturated/α-hetero) is 1. The lowest BCUT2D eigenvalue weighted by atomic mass is 9.84. The average Bonchev–Trinajstić information content (AvgIpc) is 2.53. The molecule has 27 heavy (non-hydrogen) atoms. The molecule has 0 aromatic heterocycles. The van der Waals surface area contributed by atoms with E-state index in [-0.39, 0.29) is 17.5 Å². The second kappa shape index (κ2) is 8.02. The van der Waals surface area contributed by atoms with Gasteiger partial charge in [-0.1, -0.05) is 23.3 Å². The Morgan fingerprint density at radius 3 is 2.48 bits per heavy atom. The molecule has 2 aliphatic rings. The molecule has 0 radical (unpaired) electrons. The molecule has 144 valence electrons. The van der Waals surface area contributed by atoms with Crippen molar-refractivity contribution in [2.24, 2.45) is 5.92 Å². The third kappa shape index (κ3) is 4.19. The van der Waals surface area contributed by atoms with Crippen LogP contribution >= 0.6 is 11.6 Å². The van der Waals surface area contributed by atoms with Crippen LogP contribution in [0.25, 0.3) is 0 Å². The molecule has 1 atom stereocenters. The molecule has 0 bridgehead atoms. The van der Waals surface area contributed by atoms with Gasteiger partial charge >= 0.3 is 0 Å². The van der Waals surface area contributed by atoms with Gasteiger partial charge in [-0.25, -0.2) is 0 Å². The first-order chi connectivity index (χ1) is 12.8. The molecular weight excluding hydrogens is 358 g/mol. The van der Waals surface area contributed by atoms with Crippen LogP contribution < -0.4 is 4.90 Å². The largest absolute Gasteiger partial charge is 0.371 e. The highest BCUT2D eigenvalue weighted by atomic mass is 35.5. The number of halogens is 1. The van der Waals surface area contributed by atoms with E-state index in [0.29, 0.717) is 29.5 Å². The third-order valence-corrected chi connectivity index (χ3v) is 6.24. The maximum Gasteiger partial charge on any atom is 0.163 e. The number of carbonyl (C=O) groups excluding carboxylic acids is 2. The highest BCUT2D eigenvalue weighted by Crippen LogP contribution is 2.34. The van der Waals surface area contributed by atoms with E-state index in [0.717, 1.165) is 22.4 Å². The predicted octanol–water partition coefficient (Wildman–Crippen LogP) is 5.69. The fourth-order valence-electron chi connectivity index (χ4n) is 4.12. The van der Waals surface area contributed by atoms with E-state index < -0.39 is 0 Å². The first-order valence-electron chi connectivity index (χ1n) is 9.74.